The van der Waals surface area contributed by atoms with Crippen molar-refractivity contribution in [2.45, 2.75) is 6.92 Å². The summed E-state index contributed by atoms with van der Waals surface area (Å²) >= 11 is 0. The molecule has 0 saturated carbocycles. The lowest BCUT2D eigenvalue weighted by Crippen LogP contribution is -2.17. The van der Waals surface area contributed by atoms with E-state index in [2.05, 4.69) is 0 Å². The van der Waals surface area contributed by atoms with Gasteiger partial charge < -0.3 is 14.4 Å². The third kappa shape index (κ3) is 1.95. The van der Waals surface area contributed by atoms with Crippen molar-refractivity contribution in [3.63, 3.8) is 0 Å². The number of nitrogens with zero attached hydrogens (tertiary/aromatic N) is 1. The molecule has 0 aliphatic rings. The van der Waals surface area contributed by atoms with Crippen molar-refractivity contribution in [2.24, 2.45) is 7.05 Å². The van der Waals surface area contributed by atoms with Gasteiger partial charge in [0.1, 0.15) is 11.3 Å². The first-order valence-electron chi connectivity index (χ1n) is 5.54. The Morgan fingerprint density at radius 1 is 1.44 bits per heavy atom. The molecular formula is C13H13NO4. The number of rotatable bonds is 3. The second-order valence-corrected chi connectivity index (χ2v) is 3.90. The molecule has 0 bridgehead atoms. The number of aromatic carboxylic acids is 1. The molecule has 0 saturated heterocycles. The predicted molar refractivity (Wildman–Crippen MR) is 67.3 cm³/mol. The molecule has 0 unspecified atom stereocenters. The van der Waals surface area contributed by atoms with Gasteiger partial charge in [-0.2, -0.15) is 0 Å². The quantitative estimate of drug-likeness (QED) is 0.895. The summed E-state index contributed by atoms with van der Waals surface area (Å²) in [5.41, 5.74) is -0.0521. The van der Waals surface area contributed by atoms with Gasteiger partial charge in [0.05, 0.1) is 12.1 Å². The minimum absolute atomic E-state index is 0.228. The summed E-state index contributed by atoms with van der Waals surface area (Å²) in [6, 6.07) is 4.99. The molecule has 1 heterocycles. The SMILES string of the molecule is CCOc1ccc2c(=O)c(C(=O)O)cn(C)c2c1. The maximum atomic E-state index is 12.0. The van der Waals surface area contributed by atoms with E-state index >= 15 is 0 Å². The topological polar surface area (TPSA) is 68.5 Å². The van der Waals surface area contributed by atoms with Crippen LogP contribution in [0.3, 0.4) is 0 Å². The highest BCUT2D eigenvalue weighted by atomic mass is 16.5. The molecule has 1 aromatic heterocycles. The summed E-state index contributed by atoms with van der Waals surface area (Å²) in [5.74, 6) is -0.561. The van der Waals surface area contributed by atoms with Crippen molar-refractivity contribution in [3.05, 3.63) is 40.2 Å². The van der Waals surface area contributed by atoms with E-state index in [-0.39, 0.29) is 5.56 Å². The summed E-state index contributed by atoms with van der Waals surface area (Å²) in [5, 5.41) is 9.33. The van der Waals surface area contributed by atoms with Crippen molar-refractivity contribution in [2.75, 3.05) is 6.61 Å². The van der Waals surface area contributed by atoms with Crippen molar-refractivity contribution in [1.29, 1.82) is 0 Å². The lowest BCUT2D eigenvalue weighted by molar-refractivity contribution is 0.0695. The zero-order chi connectivity index (χ0) is 13.3. The number of ether oxygens (including phenoxy) is 1. The molecule has 0 atom stereocenters. The number of carboxylic acids is 1. The van der Waals surface area contributed by atoms with Crippen LogP contribution in [0.25, 0.3) is 10.9 Å². The Hall–Kier alpha value is -2.30. The van der Waals surface area contributed by atoms with E-state index < -0.39 is 11.4 Å². The Bertz CT molecular complexity index is 672. The van der Waals surface area contributed by atoms with E-state index in [1.807, 2.05) is 6.92 Å². The number of aryl methyl sites for hydroxylation is 1. The molecule has 0 aliphatic heterocycles. The van der Waals surface area contributed by atoms with E-state index in [4.69, 9.17) is 9.84 Å². The smallest absolute Gasteiger partial charge is 0.341 e. The number of benzene rings is 1. The highest BCUT2D eigenvalue weighted by Gasteiger charge is 2.13. The number of hydrogen-bond acceptors (Lipinski definition) is 3. The van der Waals surface area contributed by atoms with Crippen molar-refractivity contribution in [1.82, 2.24) is 4.57 Å². The van der Waals surface area contributed by atoms with Crippen molar-refractivity contribution < 1.29 is 14.6 Å². The summed E-state index contributed by atoms with van der Waals surface area (Å²) in [4.78, 5) is 22.9. The second kappa shape index (κ2) is 4.52. The Balaban J connectivity index is 2.76. The molecule has 18 heavy (non-hydrogen) atoms. The van der Waals surface area contributed by atoms with E-state index in [0.29, 0.717) is 23.3 Å². The van der Waals surface area contributed by atoms with Gasteiger partial charge in [0.2, 0.25) is 5.43 Å². The molecule has 2 rings (SSSR count). The Morgan fingerprint density at radius 3 is 2.78 bits per heavy atom. The van der Waals surface area contributed by atoms with Gasteiger partial charge in [-0.05, 0) is 19.1 Å². The molecule has 0 fully saturated rings. The lowest BCUT2D eigenvalue weighted by atomic mass is 10.1. The van der Waals surface area contributed by atoms with Crippen LogP contribution in [0.2, 0.25) is 0 Å². The highest BCUT2D eigenvalue weighted by Crippen LogP contribution is 2.18. The number of carbonyl (C=O) groups is 1. The summed E-state index contributed by atoms with van der Waals surface area (Å²) in [6.07, 6.45) is 1.32. The number of carboxylic acid groups (broad SMARTS) is 1. The maximum Gasteiger partial charge on any atom is 0.341 e. The fraction of sp³-hybridized carbons (Fsp3) is 0.231. The average molecular weight is 247 g/mol. The van der Waals surface area contributed by atoms with Crippen LogP contribution >= 0.6 is 0 Å². The van der Waals surface area contributed by atoms with E-state index in [9.17, 15) is 9.59 Å². The van der Waals surface area contributed by atoms with Crippen LogP contribution in [0, 0.1) is 0 Å². The molecule has 5 heteroatoms. The fourth-order valence-electron chi connectivity index (χ4n) is 1.87. The number of aromatic nitrogens is 1. The molecule has 1 N–H and O–H groups in total. The third-order valence-corrected chi connectivity index (χ3v) is 2.70. The van der Waals surface area contributed by atoms with Crippen molar-refractivity contribution >= 4 is 16.9 Å². The molecule has 0 spiro atoms. The zero-order valence-corrected chi connectivity index (χ0v) is 10.1. The largest absolute Gasteiger partial charge is 0.494 e. The molecule has 0 radical (unpaired) electrons. The van der Waals surface area contributed by atoms with Gasteiger partial charge in [0.15, 0.2) is 0 Å². The van der Waals surface area contributed by atoms with E-state index in [1.165, 1.54) is 6.20 Å². The summed E-state index contributed by atoms with van der Waals surface area (Å²) in [6.45, 7) is 2.41. The number of hydrogen-bond donors (Lipinski definition) is 1. The molecular weight excluding hydrogens is 234 g/mol. The van der Waals surface area contributed by atoms with Crippen LogP contribution in [0.4, 0.5) is 0 Å². The number of fused-ring (bicyclic) bond motifs is 1. The lowest BCUT2D eigenvalue weighted by Gasteiger charge is -2.09. The standard InChI is InChI=1S/C13H13NO4/c1-3-18-8-4-5-9-11(6-8)14(2)7-10(12(9)15)13(16)17/h4-7H,3H2,1-2H3,(H,16,17). The van der Waals surface area contributed by atoms with Crippen LogP contribution in [-0.4, -0.2) is 22.2 Å². The first-order valence-corrected chi connectivity index (χ1v) is 5.54. The minimum atomic E-state index is -1.22. The number of pyridine rings is 1. The Morgan fingerprint density at radius 2 is 2.17 bits per heavy atom. The molecule has 94 valence electrons. The molecule has 5 nitrogen and oxygen atoms in total. The van der Waals surface area contributed by atoms with Gasteiger partial charge in [0, 0.05) is 24.7 Å². The highest BCUT2D eigenvalue weighted by molar-refractivity contribution is 5.92. The Labute approximate surface area is 103 Å². The summed E-state index contributed by atoms with van der Waals surface area (Å²) in [7, 11) is 1.70. The zero-order valence-electron chi connectivity index (χ0n) is 10.1. The van der Waals surface area contributed by atoms with Crippen molar-refractivity contribution in [3.8, 4) is 5.75 Å². The second-order valence-electron chi connectivity index (χ2n) is 3.90. The van der Waals surface area contributed by atoms with Gasteiger partial charge >= 0.3 is 5.97 Å². The van der Waals surface area contributed by atoms with Gasteiger partial charge in [-0.25, -0.2) is 4.79 Å². The normalized spacial score (nSPS) is 10.6. The summed E-state index contributed by atoms with van der Waals surface area (Å²) < 4.78 is 6.97. The minimum Gasteiger partial charge on any atom is -0.494 e. The molecule has 1 aromatic carbocycles. The van der Waals surface area contributed by atoms with Gasteiger partial charge in [-0.15, -0.1) is 0 Å². The average Bonchev–Trinajstić information content (AvgIpc) is 2.34. The van der Waals surface area contributed by atoms with Crippen LogP contribution in [-0.2, 0) is 7.05 Å². The molecule has 0 aliphatic carbocycles. The first-order chi connectivity index (χ1) is 8.54. The van der Waals surface area contributed by atoms with Crippen LogP contribution in [0.5, 0.6) is 5.75 Å². The monoisotopic (exact) mass is 247 g/mol. The first kappa shape index (κ1) is 12.2. The van der Waals surface area contributed by atoms with Gasteiger partial charge in [-0.3, -0.25) is 4.79 Å². The Kier molecular flexibility index (Phi) is 3.06. The van der Waals surface area contributed by atoms with Gasteiger partial charge in [-0.1, -0.05) is 0 Å². The molecule has 0 amide bonds. The fourth-order valence-corrected chi connectivity index (χ4v) is 1.87. The van der Waals surface area contributed by atoms with Gasteiger partial charge in [0.25, 0.3) is 0 Å². The van der Waals surface area contributed by atoms with Crippen LogP contribution in [0.15, 0.2) is 29.2 Å². The molecule has 2 aromatic rings. The third-order valence-electron chi connectivity index (χ3n) is 2.70. The predicted octanol–water partition coefficient (Wildman–Crippen LogP) is 1.64. The van der Waals surface area contributed by atoms with Crippen LogP contribution in [0.1, 0.15) is 17.3 Å². The van der Waals surface area contributed by atoms with E-state index in [1.54, 1.807) is 29.8 Å². The van der Waals surface area contributed by atoms with Crippen LogP contribution < -0.4 is 10.2 Å². The maximum absolute atomic E-state index is 12.0. The van der Waals surface area contributed by atoms with E-state index in [0.717, 1.165) is 0 Å².